The van der Waals surface area contributed by atoms with Crippen molar-refractivity contribution in [3.8, 4) is 0 Å². The van der Waals surface area contributed by atoms with Crippen molar-refractivity contribution in [1.82, 2.24) is 4.98 Å². The van der Waals surface area contributed by atoms with Gasteiger partial charge in [0.1, 0.15) is 0 Å². The van der Waals surface area contributed by atoms with E-state index in [1.54, 1.807) is 61.0 Å². The molecule has 0 amide bonds. The van der Waals surface area contributed by atoms with Crippen LogP contribution in [0, 0.1) is 0 Å². The Kier molecular flexibility index (Phi) is 11.2. The molecule has 0 fully saturated rings. The van der Waals surface area contributed by atoms with Crippen LogP contribution in [0.1, 0.15) is 5.69 Å². The summed E-state index contributed by atoms with van der Waals surface area (Å²) in [6, 6.07) is 13.9. The summed E-state index contributed by atoms with van der Waals surface area (Å²) in [4.78, 5) is 4.24. The first-order valence-corrected chi connectivity index (χ1v) is 12.7. The summed E-state index contributed by atoms with van der Waals surface area (Å²) in [7, 11) is 4.49. The normalized spacial score (nSPS) is 11.7. The highest BCUT2D eigenvalue weighted by atomic mass is 28.4. The molecule has 8 nitrogen and oxygen atoms in total. The number of pyridine rings is 1. The molecule has 0 spiro atoms. The lowest BCUT2D eigenvalue weighted by Gasteiger charge is -2.24. The molecule has 0 aliphatic rings. The minimum atomic E-state index is -2.67. The maximum absolute atomic E-state index is 5.59. The second kappa shape index (κ2) is 12.8. The number of nitrogens with two attached hydrogens (primary N) is 1. The van der Waals surface area contributed by atoms with Gasteiger partial charge in [-0.2, -0.15) is 0 Å². The first-order chi connectivity index (χ1) is 13.9. The summed E-state index contributed by atoms with van der Waals surface area (Å²) in [5.74, 6) is 0. The van der Waals surface area contributed by atoms with Crippen molar-refractivity contribution in [2.45, 2.75) is 12.5 Å². The molecule has 0 saturated heterocycles. The van der Waals surface area contributed by atoms with E-state index in [0.29, 0.717) is 5.69 Å². The van der Waals surface area contributed by atoms with Crippen molar-refractivity contribution in [1.29, 1.82) is 0 Å². The largest absolute Gasteiger partial charge is 0.536 e. The maximum Gasteiger partial charge on any atom is 0.536 e. The van der Waals surface area contributed by atoms with Crippen LogP contribution in [0.25, 0.3) is 0 Å². The number of anilines is 1. The van der Waals surface area contributed by atoms with Crippen molar-refractivity contribution in [3.63, 3.8) is 0 Å². The average Bonchev–Trinajstić information content (AvgIpc) is 2.79. The van der Waals surface area contributed by atoms with Gasteiger partial charge in [-0.15, -0.1) is 0 Å². The topological polar surface area (TPSA) is 94.3 Å². The molecule has 1 aromatic carbocycles. The monoisotopic (exact) mass is 440 g/mol. The van der Waals surface area contributed by atoms with E-state index in [-0.39, 0.29) is 0 Å². The van der Waals surface area contributed by atoms with Gasteiger partial charge in [0.05, 0.1) is 0 Å². The Morgan fingerprint density at radius 3 is 1.72 bits per heavy atom. The van der Waals surface area contributed by atoms with Gasteiger partial charge >= 0.3 is 17.6 Å². The fourth-order valence-corrected chi connectivity index (χ4v) is 6.13. The molecule has 0 unspecified atom stereocenters. The number of aryl methyl sites for hydroxylation is 1. The first kappa shape index (κ1) is 25.4. The third kappa shape index (κ3) is 7.28. The van der Waals surface area contributed by atoms with Gasteiger partial charge < -0.3 is 32.3 Å². The summed E-state index contributed by atoms with van der Waals surface area (Å²) >= 11 is 0. The maximum atomic E-state index is 5.59. The molecule has 0 bridgehead atoms. The standard InChI is InChI=1S/C10H17NO3Si.C9H15NO3Si/c1-12-15(13-2,14-3)9-7-10-6-4-5-8-11-10;1-11-14(12-2,13-3)9-6-4-8(10)5-7-9/h4-6,8H,7,9H2,1-3H3;4-7H,10H2,1-3H3. The highest BCUT2D eigenvalue weighted by Crippen LogP contribution is 2.15. The van der Waals surface area contributed by atoms with Crippen molar-refractivity contribution < 1.29 is 26.6 Å². The molecule has 162 valence electrons. The van der Waals surface area contributed by atoms with E-state index in [9.17, 15) is 0 Å². The Balaban J connectivity index is 0.000000291. The predicted molar refractivity (Wildman–Crippen MR) is 117 cm³/mol. The summed E-state index contributed by atoms with van der Waals surface area (Å²) in [6.45, 7) is 0. The van der Waals surface area contributed by atoms with Crippen LogP contribution in [0.3, 0.4) is 0 Å². The molecule has 10 heteroatoms. The zero-order valence-corrected chi connectivity index (χ0v) is 20.0. The lowest BCUT2D eigenvalue weighted by molar-refractivity contribution is 0.123. The molecule has 2 aromatic rings. The fraction of sp³-hybridized carbons (Fsp3) is 0.421. The van der Waals surface area contributed by atoms with E-state index in [4.69, 9.17) is 32.3 Å². The summed E-state index contributed by atoms with van der Waals surface area (Å²) in [6.07, 6.45) is 2.59. The molecule has 2 rings (SSSR count). The molecule has 29 heavy (non-hydrogen) atoms. The number of hydrogen-bond donors (Lipinski definition) is 1. The Labute approximate surface area is 175 Å². The number of nitrogens with zero attached hydrogens (tertiary/aromatic N) is 1. The van der Waals surface area contributed by atoms with Crippen molar-refractivity contribution in [2.75, 3.05) is 48.4 Å². The minimum absolute atomic E-state index is 0.708. The lowest BCUT2D eigenvalue weighted by atomic mass is 10.3. The SMILES string of the molecule is CO[Si](CCc1ccccn1)(OC)OC.CO[Si](OC)(OC)c1ccc(N)cc1. The smallest absolute Gasteiger partial charge is 0.399 e. The second-order valence-corrected chi connectivity index (χ2v) is 11.9. The summed E-state index contributed by atoms with van der Waals surface area (Å²) in [5, 5.41) is 0.902. The van der Waals surface area contributed by atoms with E-state index >= 15 is 0 Å². The Hall–Kier alpha value is -1.64. The average molecular weight is 441 g/mol. The molecule has 1 heterocycles. The molecule has 0 radical (unpaired) electrons. The van der Waals surface area contributed by atoms with Crippen LogP contribution >= 0.6 is 0 Å². The molecular formula is C19H32N2O6Si2. The van der Waals surface area contributed by atoms with E-state index in [2.05, 4.69) is 4.98 Å². The number of hydrogen-bond acceptors (Lipinski definition) is 8. The number of aromatic nitrogens is 1. The third-order valence-corrected chi connectivity index (χ3v) is 9.80. The van der Waals surface area contributed by atoms with E-state index in [1.807, 2.05) is 30.3 Å². The zero-order chi connectivity index (χ0) is 21.8. The number of benzene rings is 1. The van der Waals surface area contributed by atoms with Gasteiger partial charge in [-0.05, 0) is 30.7 Å². The van der Waals surface area contributed by atoms with Crippen molar-refractivity contribution in [3.05, 3.63) is 54.4 Å². The van der Waals surface area contributed by atoms with Gasteiger partial charge in [0.2, 0.25) is 0 Å². The van der Waals surface area contributed by atoms with Gasteiger partial charge in [0.15, 0.2) is 0 Å². The van der Waals surface area contributed by atoms with E-state index < -0.39 is 17.6 Å². The van der Waals surface area contributed by atoms with Crippen LogP contribution in [0.15, 0.2) is 48.7 Å². The van der Waals surface area contributed by atoms with Crippen molar-refractivity contribution >= 4 is 28.5 Å². The lowest BCUT2D eigenvalue weighted by Crippen LogP contribution is -2.54. The summed E-state index contributed by atoms with van der Waals surface area (Å²) in [5.41, 5.74) is 7.32. The summed E-state index contributed by atoms with van der Waals surface area (Å²) < 4.78 is 31.9. The molecular weight excluding hydrogens is 408 g/mol. The molecule has 0 aliphatic heterocycles. The quantitative estimate of drug-likeness (QED) is 0.442. The fourth-order valence-electron chi connectivity index (χ4n) is 2.67. The molecule has 0 atom stereocenters. The van der Waals surface area contributed by atoms with Gasteiger partial charge in [-0.25, -0.2) is 0 Å². The van der Waals surface area contributed by atoms with E-state index in [0.717, 1.165) is 23.3 Å². The molecule has 1 aromatic heterocycles. The van der Waals surface area contributed by atoms with Gasteiger partial charge in [-0.1, -0.05) is 18.2 Å². The van der Waals surface area contributed by atoms with Crippen LogP contribution in [0.2, 0.25) is 6.04 Å². The molecule has 0 saturated carbocycles. The highest BCUT2D eigenvalue weighted by molar-refractivity contribution is 6.75. The Morgan fingerprint density at radius 2 is 1.31 bits per heavy atom. The van der Waals surface area contributed by atoms with Crippen LogP contribution in [0.4, 0.5) is 5.69 Å². The highest BCUT2D eigenvalue weighted by Gasteiger charge is 2.40. The van der Waals surface area contributed by atoms with Crippen LogP contribution in [-0.2, 0) is 33.0 Å². The Morgan fingerprint density at radius 1 is 0.759 bits per heavy atom. The van der Waals surface area contributed by atoms with Gasteiger partial charge in [0.25, 0.3) is 0 Å². The van der Waals surface area contributed by atoms with Crippen LogP contribution in [-0.4, -0.2) is 65.3 Å². The zero-order valence-electron chi connectivity index (χ0n) is 18.0. The minimum Gasteiger partial charge on any atom is -0.399 e. The van der Waals surface area contributed by atoms with Crippen molar-refractivity contribution in [2.24, 2.45) is 0 Å². The number of rotatable bonds is 10. The van der Waals surface area contributed by atoms with Gasteiger partial charge in [0, 0.05) is 71.5 Å². The molecule has 2 N–H and O–H groups in total. The number of nitrogen functional groups attached to an aromatic ring is 1. The first-order valence-electron chi connectivity index (χ1n) is 9.01. The van der Waals surface area contributed by atoms with Crippen LogP contribution in [0.5, 0.6) is 0 Å². The second-order valence-electron chi connectivity index (χ2n) is 5.91. The molecule has 0 aliphatic carbocycles. The predicted octanol–water partition coefficient (Wildman–Crippen LogP) is 1.86. The van der Waals surface area contributed by atoms with Gasteiger partial charge in [-0.3, -0.25) is 4.98 Å². The van der Waals surface area contributed by atoms with E-state index in [1.165, 1.54) is 0 Å². The Bertz CT molecular complexity index is 666. The third-order valence-electron chi connectivity index (χ3n) is 4.42. The van der Waals surface area contributed by atoms with Crippen LogP contribution < -0.4 is 10.9 Å².